The highest BCUT2D eigenvalue weighted by Gasteiger charge is 2.33. The standard InChI is InChI=1S/C21H26FN7O3S/c1-3-18-24-19(26-25-18)20(33)28-8-6-27(7-9-28)17-5-4-14(10-16(17)22)29-12-15(32-21(29)31)11-23-13(2)30/h4-5,10,15H,3,6-9,11-12H2,1-2H3,(H,23,30)(H,24,25,26)/t15-/m0/s1. The number of amides is 2. The van der Waals surface area contributed by atoms with Crippen LogP contribution in [-0.2, 0) is 16.0 Å². The lowest BCUT2D eigenvalue weighted by Gasteiger charge is -2.37. The summed E-state index contributed by atoms with van der Waals surface area (Å²) in [5.74, 6) is 0.687. The summed E-state index contributed by atoms with van der Waals surface area (Å²) in [6.45, 7) is 6.28. The zero-order chi connectivity index (χ0) is 23.5. The first kappa shape index (κ1) is 22.9. The average Bonchev–Trinajstić information content (AvgIpc) is 3.44. The fraction of sp³-hybridized carbons (Fsp3) is 0.476. The number of piperazine rings is 1. The van der Waals surface area contributed by atoms with E-state index < -0.39 is 18.0 Å². The normalized spacial score (nSPS) is 18.5. The third kappa shape index (κ3) is 5.05. The van der Waals surface area contributed by atoms with E-state index in [-0.39, 0.29) is 19.0 Å². The second kappa shape index (κ2) is 9.69. The number of rotatable bonds is 6. The molecule has 0 unspecified atom stereocenters. The number of thiocarbonyl (C=S) groups is 1. The van der Waals surface area contributed by atoms with Crippen molar-refractivity contribution in [2.45, 2.75) is 26.4 Å². The van der Waals surface area contributed by atoms with E-state index in [1.807, 2.05) is 16.7 Å². The number of benzene rings is 1. The van der Waals surface area contributed by atoms with E-state index in [4.69, 9.17) is 17.0 Å². The number of aromatic nitrogens is 3. The Labute approximate surface area is 196 Å². The molecule has 33 heavy (non-hydrogen) atoms. The van der Waals surface area contributed by atoms with Gasteiger partial charge in [-0.25, -0.2) is 14.2 Å². The summed E-state index contributed by atoms with van der Waals surface area (Å²) in [7, 11) is 0. The van der Waals surface area contributed by atoms with Crippen LogP contribution in [0.1, 0.15) is 25.5 Å². The molecule has 176 valence electrons. The molecule has 2 N–H and O–H groups in total. The maximum Gasteiger partial charge on any atom is 0.414 e. The van der Waals surface area contributed by atoms with E-state index in [1.165, 1.54) is 17.9 Å². The molecule has 0 bridgehead atoms. The maximum atomic E-state index is 15.0. The molecule has 2 saturated heterocycles. The van der Waals surface area contributed by atoms with Gasteiger partial charge in [-0.3, -0.25) is 14.8 Å². The van der Waals surface area contributed by atoms with Crippen LogP contribution in [0.5, 0.6) is 0 Å². The minimum Gasteiger partial charge on any atom is -0.442 e. The van der Waals surface area contributed by atoms with Crippen molar-refractivity contribution in [2.75, 3.05) is 49.1 Å². The summed E-state index contributed by atoms with van der Waals surface area (Å²) in [6.07, 6.45) is -0.277. The second-order valence-electron chi connectivity index (χ2n) is 7.93. The van der Waals surface area contributed by atoms with E-state index in [9.17, 15) is 14.0 Å². The van der Waals surface area contributed by atoms with Crippen LogP contribution in [0, 0.1) is 5.82 Å². The summed E-state index contributed by atoms with van der Waals surface area (Å²) in [6, 6.07) is 4.72. The zero-order valence-electron chi connectivity index (χ0n) is 18.5. The van der Waals surface area contributed by atoms with Gasteiger partial charge in [0, 0.05) is 39.5 Å². The molecule has 2 fully saturated rings. The van der Waals surface area contributed by atoms with Gasteiger partial charge in [0.2, 0.25) is 11.7 Å². The van der Waals surface area contributed by atoms with Gasteiger partial charge in [-0.05, 0) is 18.2 Å². The average molecular weight is 476 g/mol. The maximum absolute atomic E-state index is 15.0. The Bertz CT molecular complexity index is 1050. The molecular weight excluding hydrogens is 449 g/mol. The van der Waals surface area contributed by atoms with Crippen LogP contribution in [-0.4, -0.2) is 82.4 Å². The Balaban J connectivity index is 1.36. The highest BCUT2D eigenvalue weighted by Crippen LogP contribution is 2.28. The van der Waals surface area contributed by atoms with Crippen LogP contribution in [0.4, 0.5) is 20.6 Å². The summed E-state index contributed by atoms with van der Waals surface area (Å²) in [5, 5.41) is 9.67. The van der Waals surface area contributed by atoms with E-state index in [0.29, 0.717) is 48.4 Å². The minimum absolute atomic E-state index is 0.202. The van der Waals surface area contributed by atoms with E-state index in [2.05, 4.69) is 20.5 Å². The molecule has 4 rings (SSSR count). The van der Waals surface area contributed by atoms with Crippen molar-refractivity contribution in [3.05, 3.63) is 35.7 Å². The lowest BCUT2D eigenvalue weighted by molar-refractivity contribution is -0.119. The van der Waals surface area contributed by atoms with Crippen molar-refractivity contribution >= 4 is 40.6 Å². The van der Waals surface area contributed by atoms with Gasteiger partial charge in [0.05, 0.1) is 24.5 Å². The second-order valence-corrected chi connectivity index (χ2v) is 8.31. The van der Waals surface area contributed by atoms with E-state index in [1.54, 1.807) is 12.1 Å². The number of aromatic amines is 1. The van der Waals surface area contributed by atoms with Crippen LogP contribution in [0.25, 0.3) is 0 Å². The first-order valence-electron chi connectivity index (χ1n) is 10.8. The predicted octanol–water partition coefficient (Wildman–Crippen LogP) is 1.47. The molecule has 1 atom stereocenters. The first-order valence-corrected chi connectivity index (χ1v) is 11.2. The Kier molecular flexibility index (Phi) is 6.72. The highest BCUT2D eigenvalue weighted by atomic mass is 32.1. The fourth-order valence-electron chi connectivity index (χ4n) is 3.86. The number of nitrogens with one attached hydrogen (secondary N) is 2. The molecule has 0 radical (unpaired) electrons. The number of H-pyrrole nitrogens is 1. The molecule has 12 heteroatoms. The van der Waals surface area contributed by atoms with Crippen molar-refractivity contribution in [1.29, 1.82) is 0 Å². The van der Waals surface area contributed by atoms with Gasteiger partial charge in [0.25, 0.3) is 0 Å². The van der Waals surface area contributed by atoms with Gasteiger partial charge < -0.3 is 19.9 Å². The molecule has 0 spiro atoms. The predicted molar refractivity (Wildman–Crippen MR) is 124 cm³/mol. The number of carbonyl (C=O) groups excluding carboxylic acids is 2. The van der Waals surface area contributed by atoms with Gasteiger partial charge in [-0.1, -0.05) is 19.1 Å². The minimum atomic E-state index is -0.558. The number of halogens is 1. The summed E-state index contributed by atoms with van der Waals surface area (Å²) in [5.41, 5.74) is 0.889. The molecular formula is C21H26FN7O3S. The van der Waals surface area contributed by atoms with Crippen LogP contribution in [0.2, 0.25) is 0 Å². The number of anilines is 2. The number of ether oxygens (including phenoxy) is 1. The molecule has 2 aromatic rings. The number of carbonyl (C=O) groups is 2. The van der Waals surface area contributed by atoms with Gasteiger partial charge >= 0.3 is 6.09 Å². The quantitative estimate of drug-likeness (QED) is 0.605. The highest BCUT2D eigenvalue weighted by molar-refractivity contribution is 7.80. The van der Waals surface area contributed by atoms with E-state index in [0.717, 1.165) is 12.2 Å². The molecule has 0 aliphatic carbocycles. The first-order chi connectivity index (χ1) is 15.9. The van der Waals surface area contributed by atoms with Gasteiger partial charge in [0.1, 0.15) is 22.7 Å². The Morgan fingerprint density at radius 1 is 1.33 bits per heavy atom. The topological polar surface area (TPSA) is 107 Å². The molecule has 1 aromatic heterocycles. The molecule has 3 heterocycles. The Hall–Kier alpha value is -3.28. The monoisotopic (exact) mass is 475 g/mol. The largest absolute Gasteiger partial charge is 0.442 e. The summed E-state index contributed by atoms with van der Waals surface area (Å²) < 4.78 is 20.2. The third-order valence-electron chi connectivity index (χ3n) is 5.66. The Morgan fingerprint density at radius 3 is 2.73 bits per heavy atom. The van der Waals surface area contributed by atoms with Crippen molar-refractivity contribution in [3.8, 4) is 0 Å². The smallest absolute Gasteiger partial charge is 0.414 e. The van der Waals surface area contributed by atoms with Crippen LogP contribution in [0.3, 0.4) is 0 Å². The molecule has 0 saturated carbocycles. The molecule has 2 amide bonds. The lowest BCUT2D eigenvalue weighted by Crippen LogP contribution is -2.49. The third-order valence-corrected chi connectivity index (χ3v) is 6.10. The number of cyclic esters (lactones) is 1. The van der Waals surface area contributed by atoms with Crippen molar-refractivity contribution < 1.29 is 18.7 Å². The van der Waals surface area contributed by atoms with Crippen LogP contribution >= 0.6 is 12.2 Å². The van der Waals surface area contributed by atoms with E-state index >= 15 is 0 Å². The van der Waals surface area contributed by atoms with Gasteiger partial charge in [-0.15, -0.1) is 0 Å². The van der Waals surface area contributed by atoms with Crippen molar-refractivity contribution in [2.24, 2.45) is 0 Å². The van der Waals surface area contributed by atoms with Crippen LogP contribution < -0.4 is 15.1 Å². The molecule has 1 aromatic carbocycles. The van der Waals surface area contributed by atoms with Crippen molar-refractivity contribution in [3.63, 3.8) is 0 Å². The lowest BCUT2D eigenvalue weighted by atomic mass is 10.2. The number of hydrogen-bond donors (Lipinski definition) is 2. The van der Waals surface area contributed by atoms with Crippen LogP contribution in [0.15, 0.2) is 18.2 Å². The Morgan fingerprint density at radius 2 is 2.09 bits per heavy atom. The van der Waals surface area contributed by atoms with Gasteiger partial charge in [-0.2, -0.15) is 5.10 Å². The zero-order valence-corrected chi connectivity index (χ0v) is 19.3. The van der Waals surface area contributed by atoms with Crippen molar-refractivity contribution in [1.82, 2.24) is 25.4 Å². The molecule has 2 aliphatic heterocycles. The number of nitrogens with zero attached hydrogens (tertiary/aromatic N) is 5. The fourth-order valence-corrected chi connectivity index (χ4v) is 4.13. The number of aryl methyl sites for hydroxylation is 1. The molecule has 2 aliphatic rings. The summed E-state index contributed by atoms with van der Waals surface area (Å²) in [4.78, 5) is 33.6. The molecule has 10 nitrogen and oxygen atoms in total. The number of hydrogen-bond acceptors (Lipinski definition) is 7. The SMILES string of the molecule is CCc1nc(C(=S)N2CCN(c3ccc(N4C[C@H](CNC(C)=O)OC4=O)cc3F)CC2)n[nH]1. The summed E-state index contributed by atoms with van der Waals surface area (Å²) >= 11 is 5.53. The van der Waals surface area contributed by atoms with Gasteiger partial charge in [0.15, 0.2) is 0 Å².